The molecule has 2 saturated heterocycles. The van der Waals surface area contributed by atoms with Crippen molar-refractivity contribution in [2.75, 3.05) is 4.90 Å². The Hall–Kier alpha value is -0.250. The number of anilines is 1. The Morgan fingerprint density at radius 3 is 2.56 bits per heavy atom. The van der Waals surface area contributed by atoms with Crippen LogP contribution in [0.15, 0.2) is 22.7 Å². The fourth-order valence-corrected chi connectivity index (χ4v) is 4.15. The largest absolute Gasteiger partial charge is 0.364 e. The molecule has 2 fully saturated rings. The topological polar surface area (TPSA) is 29.3 Å². The molecule has 2 atom stereocenters. The minimum absolute atomic E-state index is 0.370. The highest BCUT2D eigenvalue weighted by atomic mass is 79.9. The highest BCUT2D eigenvalue weighted by molar-refractivity contribution is 9.10. The third-order valence-electron chi connectivity index (χ3n) is 4.22. The number of fused-ring (bicyclic) bond motifs is 2. The van der Waals surface area contributed by atoms with E-state index in [4.69, 9.17) is 17.3 Å². The molecule has 0 aromatic heterocycles. The predicted octanol–water partition coefficient (Wildman–Crippen LogP) is 3.95. The van der Waals surface area contributed by atoms with Gasteiger partial charge in [-0.1, -0.05) is 17.7 Å². The van der Waals surface area contributed by atoms with Gasteiger partial charge in [-0.3, -0.25) is 0 Å². The Labute approximate surface area is 122 Å². The van der Waals surface area contributed by atoms with Crippen molar-refractivity contribution in [1.82, 2.24) is 0 Å². The van der Waals surface area contributed by atoms with Gasteiger partial charge in [0.05, 0.1) is 15.2 Å². The van der Waals surface area contributed by atoms with Gasteiger partial charge >= 0.3 is 0 Å². The van der Waals surface area contributed by atoms with E-state index in [1.807, 2.05) is 12.1 Å². The van der Waals surface area contributed by atoms with Crippen LogP contribution in [0.2, 0.25) is 5.02 Å². The summed E-state index contributed by atoms with van der Waals surface area (Å²) in [5.41, 5.74) is 7.41. The smallest absolute Gasteiger partial charge is 0.0595 e. The van der Waals surface area contributed by atoms with E-state index in [1.165, 1.54) is 24.9 Å². The van der Waals surface area contributed by atoms with Gasteiger partial charge in [0, 0.05) is 18.1 Å². The van der Waals surface area contributed by atoms with Crippen LogP contribution in [-0.2, 0) is 0 Å². The van der Waals surface area contributed by atoms with E-state index in [0.717, 1.165) is 22.3 Å². The van der Waals surface area contributed by atoms with E-state index >= 15 is 0 Å². The third-order valence-corrected chi connectivity index (χ3v) is 5.60. The minimum atomic E-state index is 0.370. The molecule has 3 rings (SSSR count). The molecular formula is C14H18BrClN2. The quantitative estimate of drug-likeness (QED) is 0.845. The summed E-state index contributed by atoms with van der Waals surface area (Å²) in [5, 5.41) is 0.792. The number of benzene rings is 1. The molecule has 1 aromatic rings. The zero-order valence-electron chi connectivity index (χ0n) is 10.3. The molecule has 2 aliphatic heterocycles. The van der Waals surface area contributed by atoms with Crippen molar-refractivity contribution < 1.29 is 0 Å². The number of halogens is 2. The van der Waals surface area contributed by atoms with Crippen LogP contribution >= 0.6 is 27.5 Å². The van der Waals surface area contributed by atoms with Crippen LogP contribution in [-0.4, -0.2) is 18.1 Å². The number of hydrogen-bond acceptors (Lipinski definition) is 2. The number of piperidine rings is 2. The second-order valence-electron chi connectivity index (χ2n) is 5.45. The second kappa shape index (κ2) is 5.03. The molecule has 1 aromatic carbocycles. The van der Waals surface area contributed by atoms with Gasteiger partial charge in [-0.05, 0) is 60.2 Å². The van der Waals surface area contributed by atoms with Crippen molar-refractivity contribution in [3.8, 4) is 0 Å². The standard InChI is InChI=1S/C14H18BrClN2/c15-14-12(16)5-2-6-13(14)18-10-3-1-4-11(18)8-9(17)7-10/h2,5-6,9-11H,1,3-4,7-8,17H2. The summed E-state index contributed by atoms with van der Waals surface area (Å²) in [4.78, 5) is 2.56. The van der Waals surface area contributed by atoms with Gasteiger partial charge < -0.3 is 10.6 Å². The summed E-state index contributed by atoms with van der Waals surface area (Å²) in [7, 11) is 0. The molecule has 98 valence electrons. The van der Waals surface area contributed by atoms with E-state index in [0.29, 0.717) is 18.1 Å². The van der Waals surface area contributed by atoms with Crippen LogP contribution < -0.4 is 10.6 Å². The number of rotatable bonds is 1. The van der Waals surface area contributed by atoms with Gasteiger partial charge in [-0.15, -0.1) is 0 Å². The monoisotopic (exact) mass is 328 g/mol. The molecule has 0 aliphatic carbocycles. The lowest BCUT2D eigenvalue weighted by Gasteiger charge is -2.50. The first-order valence-electron chi connectivity index (χ1n) is 6.64. The van der Waals surface area contributed by atoms with Gasteiger partial charge in [0.1, 0.15) is 0 Å². The molecular weight excluding hydrogens is 312 g/mol. The van der Waals surface area contributed by atoms with Crippen molar-refractivity contribution in [2.24, 2.45) is 5.73 Å². The summed E-state index contributed by atoms with van der Waals surface area (Å²) in [6, 6.07) is 7.67. The highest BCUT2D eigenvalue weighted by Crippen LogP contribution is 2.42. The molecule has 0 spiro atoms. The molecule has 0 saturated carbocycles. The van der Waals surface area contributed by atoms with Gasteiger partial charge in [0.15, 0.2) is 0 Å². The summed E-state index contributed by atoms with van der Waals surface area (Å²) in [6.45, 7) is 0. The molecule has 2 nitrogen and oxygen atoms in total. The highest BCUT2D eigenvalue weighted by Gasteiger charge is 2.37. The Kier molecular flexibility index (Phi) is 3.57. The SMILES string of the molecule is NC1CC2CCCC(C1)N2c1cccc(Cl)c1Br. The number of hydrogen-bond donors (Lipinski definition) is 1. The lowest BCUT2D eigenvalue weighted by molar-refractivity contribution is 0.271. The van der Waals surface area contributed by atoms with E-state index in [9.17, 15) is 0 Å². The number of nitrogens with zero attached hydrogens (tertiary/aromatic N) is 1. The maximum atomic E-state index is 6.22. The molecule has 2 aliphatic rings. The second-order valence-corrected chi connectivity index (χ2v) is 6.65. The zero-order chi connectivity index (χ0) is 12.7. The van der Waals surface area contributed by atoms with Gasteiger partial charge in [-0.2, -0.15) is 0 Å². The molecule has 2 bridgehead atoms. The van der Waals surface area contributed by atoms with Crippen molar-refractivity contribution in [2.45, 2.75) is 50.2 Å². The first-order chi connectivity index (χ1) is 8.66. The van der Waals surface area contributed by atoms with Crippen molar-refractivity contribution >= 4 is 33.2 Å². The van der Waals surface area contributed by atoms with Gasteiger partial charge in [0.25, 0.3) is 0 Å². The molecule has 4 heteroatoms. The Morgan fingerprint density at radius 2 is 1.89 bits per heavy atom. The predicted molar refractivity (Wildman–Crippen MR) is 80.3 cm³/mol. The van der Waals surface area contributed by atoms with Crippen molar-refractivity contribution in [3.05, 3.63) is 27.7 Å². The average molecular weight is 330 g/mol. The fourth-order valence-electron chi connectivity index (χ4n) is 3.51. The Morgan fingerprint density at radius 1 is 1.22 bits per heavy atom. The molecule has 2 unspecified atom stereocenters. The maximum Gasteiger partial charge on any atom is 0.0595 e. The van der Waals surface area contributed by atoms with E-state index < -0.39 is 0 Å². The van der Waals surface area contributed by atoms with E-state index in [-0.39, 0.29) is 0 Å². The summed E-state index contributed by atoms with van der Waals surface area (Å²) in [5.74, 6) is 0. The summed E-state index contributed by atoms with van der Waals surface area (Å²) in [6.07, 6.45) is 6.05. The lowest BCUT2D eigenvalue weighted by atomic mass is 9.81. The molecule has 18 heavy (non-hydrogen) atoms. The maximum absolute atomic E-state index is 6.22. The van der Waals surface area contributed by atoms with Crippen molar-refractivity contribution in [1.29, 1.82) is 0 Å². The van der Waals surface area contributed by atoms with Crippen LogP contribution in [0.3, 0.4) is 0 Å². The first-order valence-corrected chi connectivity index (χ1v) is 7.82. The van der Waals surface area contributed by atoms with Crippen LogP contribution in [0.1, 0.15) is 32.1 Å². The third kappa shape index (κ3) is 2.17. The van der Waals surface area contributed by atoms with Gasteiger partial charge in [0.2, 0.25) is 0 Å². The summed E-state index contributed by atoms with van der Waals surface area (Å²) >= 11 is 9.85. The summed E-state index contributed by atoms with van der Waals surface area (Å²) < 4.78 is 1.03. The molecule has 2 heterocycles. The molecule has 0 radical (unpaired) electrons. The molecule has 0 amide bonds. The average Bonchev–Trinajstić information content (AvgIpc) is 2.32. The van der Waals surface area contributed by atoms with E-state index in [1.54, 1.807) is 0 Å². The molecule has 2 N–H and O–H groups in total. The normalized spacial score (nSPS) is 31.5. The van der Waals surface area contributed by atoms with Crippen LogP contribution in [0, 0.1) is 0 Å². The first kappa shape index (κ1) is 12.8. The van der Waals surface area contributed by atoms with Gasteiger partial charge in [-0.25, -0.2) is 0 Å². The lowest BCUT2D eigenvalue weighted by Crippen LogP contribution is -2.55. The Balaban J connectivity index is 1.98. The van der Waals surface area contributed by atoms with Crippen molar-refractivity contribution in [3.63, 3.8) is 0 Å². The fraction of sp³-hybridized carbons (Fsp3) is 0.571. The van der Waals surface area contributed by atoms with E-state index in [2.05, 4.69) is 26.9 Å². The van der Waals surface area contributed by atoms with Crippen LogP contribution in [0.25, 0.3) is 0 Å². The van der Waals surface area contributed by atoms with Crippen LogP contribution in [0.4, 0.5) is 5.69 Å². The minimum Gasteiger partial charge on any atom is -0.364 e. The zero-order valence-corrected chi connectivity index (χ0v) is 12.6. The Bertz CT molecular complexity index is 437. The number of nitrogens with two attached hydrogens (primary N) is 1. The van der Waals surface area contributed by atoms with Crippen LogP contribution in [0.5, 0.6) is 0 Å².